The monoisotopic (exact) mass is 558 g/mol. The number of ether oxygens (including phenoxy) is 4. The average molecular weight is 559 g/mol. The second kappa shape index (κ2) is 13.7. The third-order valence-electron chi connectivity index (χ3n) is 5.46. The van der Waals surface area contributed by atoms with Crippen LogP contribution in [0.1, 0.15) is 25.8 Å². The highest BCUT2D eigenvalue weighted by Gasteiger charge is 2.16. The minimum Gasteiger partial charge on any atom is -0.423 e. The SMILES string of the molecule is C=CC(=O)Oc1ccc(CCC(=O)Oc2ccc(-c3ccc(OC(=O)C(=C)C)cc3)cc2F)cc1OC(=O)C(=C)C. The number of carbonyl (C=O) groups is 4. The minimum absolute atomic E-state index is 0.0134. The van der Waals surface area contributed by atoms with Crippen molar-refractivity contribution in [1.29, 1.82) is 0 Å². The molecule has 0 aromatic heterocycles. The van der Waals surface area contributed by atoms with Gasteiger partial charge in [0.2, 0.25) is 0 Å². The van der Waals surface area contributed by atoms with Crippen LogP contribution in [-0.2, 0) is 25.6 Å². The Morgan fingerprint density at radius 2 is 1.34 bits per heavy atom. The highest BCUT2D eigenvalue weighted by Crippen LogP contribution is 2.31. The van der Waals surface area contributed by atoms with Crippen molar-refractivity contribution in [2.24, 2.45) is 0 Å². The molecule has 0 N–H and O–H groups in total. The van der Waals surface area contributed by atoms with Gasteiger partial charge in [0.1, 0.15) is 5.75 Å². The van der Waals surface area contributed by atoms with Crippen LogP contribution in [0.4, 0.5) is 4.39 Å². The summed E-state index contributed by atoms with van der Waals surface area (Å²) in [6.45, 7) is 13.4. The minimum atomic E-state index is -0.747. The molecule has 0 aliphatic carbocycles. The summed E-state index contributed by atoms with van der Waals surface area (Å²) in [5.74, 6) is -3.42. The largest absolute Gasteiger partial charge is 0.423 e. The van der Waals surface area contributed by atoms with E-state index in [4.69, 9.17) is 18.9 Å². The molecule has 0 saturated heterocycles. The number of rotatable bonds is 11. The molecule has 0 heterocycles. The fourth-order valence-electron chi connectivity index (χ4n) is 3.30. The fraction of sp³-hybridized carbons (Fsp3) is 0.125. The maximum absolute atomic E-state index is 14.8. The number of halogens is 1. The van der Waals surface area contributed by atoms with E-state index in [9.17, 15) is 23.6 Å². The summed E-state index contributed by atoms with van der Waals surface area (Å²) in [6, 6.07) is 15.1. The molecule has 0 radical (unpaired) electrons. The standard InChI is InChI=1S/C32H27FO8/c1-6-29(34)40-27-14-7-21(17-28(27)41-32(37)20(4)5)8-16-30(35)39-26-15-11-23(18-25(26)33)22-9-12-24(13-10-22)38-31(36)19(2)3/h6-7,9-15,17-18H,1-2,4,8,16H2,3,5H3. The highest BCUT2D eigenvalue weighted by atomic mass is 19.1. The van der Waals surface area contributed by atoms with Crippen LogP contribution in [0.2, 0.25) is 0 Å². The van der Waals surface area contributed by atoms with E-state index in [0.29, 0.717) is 22.4 Å². The lowest BCUT2D eigenvalue weighted by atomic mass is 10.1. The summed E-state index contributed by atoms with van der Waals surface area (Å²) in [6.07, 6.45) is 0.999. The molecule has 0 spiro atoms. The van der Waals surface area contributed by atoms with Crippen LogP contribution in [0.25, 0.3) is 11.1 Å². The van der Waals surface area contributed by atoms with Crippen LogP contribution >= 0.6 is 0 Å². The number of carbonyl (C=O) groups excluding carboxylic acids is 4. The van der Waals surface area contributed by atoms with Crippen molar-refractivity contribution in [3.8, 4) is 34.1 Å². The Labute approximate surface area is 236 Å². The number of benzene rings is 3. The first-order valence-electron chi connectivity index (χ1n) is 12.3. The molecule has 0 atom stereocenters. The Morgan fingerprint density at radius 3 is 1.95 bits per heavy atom. The number of aryl methyl sites for hydroxylation is 1. The topological polar surface area (TPSA) is 105 Å². The average Bonchev–Trinajstić information content (AvgIpc) is 2.94. The maximum atomic E-state index is 14.8. The fourth-order valence-corrected chi connectivity index (χ4v) is 3.30. The van der Waals surface area contributed by atoms with Gasteiger partial charge < -0.3 is 18.9 Å². The summed E-state index contributed by atoms with van der Waals surface area (Å²) in [5, 5.41) is 0. The molecule has 3 rings (SSSR count). The molecule has 0 amide bonds. The Hall–Kier alpha value is -5.31. The molecule has 0 fully saturated rings. The number of esters is 4. The molecule has 41 heavy (non-hydrogen) atoms. The third-order valence-corrected chi connectivity index (χ3v) is 5.46. The van der Waals surface area contributed by atoms with Crippen LogP contribution in [0.15, 0.2) is 97.6 Å². The van der Waals surface area contributed by atoms with Gasteiger partial charge in [-0.1, -0.05) is 44.0 Å². The van der Waals surface area contributed by atoms with Gasteiger partial charge in [-0.05, 0) is 73.4 Å². The van der Waals surface area contributed by atoms with E-state index in [1.807, 2.05) is 0 Å². The first-order valence-corrected chi connectivity index (χ1v) is 12.3. The molecule has 9 heteroatoms. The van der Waals surface area contributed by atoms with Gasteiger partial charge in [0.15, 0.2) is 23.1 Å². The number of hydrogen-bond acceptors (Lipinski definition) is 8. The normalized spacial score (nSPS) is 10.2. The van der Waals surface area contributed by atoms with Gasteiger partial charge in [0, 0.05) is 23.6 Å². The van der Waals surface area contributed by atoms with Crippen molar-refractivity contribution in [3.05, 3.63) is 109 Å². The van der Waals surface area contributed by atoms with E-state index >= 15 is 0 Å². The van der Waals surface area contributed by atoms with Gasteiger partial charge >= 0.3 is 23.9 Å². The third kappa shape index (κ3) is 8.59. The van der Waals surface area contributed by atoms with Crippen LogP contribution in [-0.4, -0.2) is 23.9 Å². The molecule has 3 aromatic carbocycles. The molecule has 0 aliphatic heterocycles. The van der Waals surface area contributed by atoms with E-state index < -0.39 is 29.7 Å². The van der Waals surface area contributed by atoms with Gasteiger partial charge in [0.05, 0.1) is 0 Å². The molecule has 8 nitrogen and oxygen atoms in total. The molecule has 0 bridgehead atoms. The van der Waals surface area contributed by atoms with E-state index in [1.54, 1.807) is 36.4 Å². The Kier molecular flexibility index (Phi) is 10.1. The predicted molar refractivity (Wildman–Crippen MR) is 149 cm³/mol. The van der Waals surface area contributed by atoms with Crippen molar-refractivity contribution < 1.29 is 42.5 Å². The maximum Gasteiger partial charge on any atom is 0.338 e. The van der Waals surface area contributed by atoms with Crippen molar-refractivity contribution in [3.63, 3.8) is 0 Å². The zero-order valence-corrected chi connectivity index (χ0v) is 22.5. The van der Waals surface area contributed by atoms with Gasteiger partial charge in [-0.2, -0.15) is 0 Å². The first kappa shape index (κ1) is 30.2. The summed E-state index contributed by atoms with van der Waals surface area (Å²) in [4.78, 5) is 47.7. The quantitative estimate of drug-likeness (QED) is 0.158. The molecule has 0 aliphatic rings. The van der Waals surface area contributed by atoms with Crippen LogP contribution in [0.5, 0.6) is 23.0 Å². The van der Waals surface area contributed by atoms with Crippen molar-refractivity contribution >= 4 is 23.9 Å². The molecule has 210 valence electrons. The van der Waals surface area contributed by atoms with Crippen LogP contribution in [0.3, 0.4) is 0 Å². The Balaban J connectivity index is 1.65. The molecule has 3 aromatic rings. The van der Waals surface area contributed by atoms with Crippen LogP contribution in [0, 0.1) is 5.82 Å². The lowest BCUT2D eigenvalue weighted by Gasteiger charge is -2.12. The summed E-state index contributed by atoms with van der Waals surface area (Å²) < 4.78 is 35.5. The van der Waals surface area contributed by atoms with E-state index in [2.05, 4.69) is 19.7 Å². The van der Waals surface area contributed by atoms with Crippen LogP contribution < -0.4 is 18.9 Å². The van der Waals surface area contributed by atoms with E-state index in [1.165, 1.54) is 38.1 Å². The Bertz CT molecular complexity index is 1540. The predicted octanol–water partition coefficient (Wildman–Crippen LogP) is 6.09. The van der Waals surface area contributed by atoms with E-state index in [-0.39, 0.29) is 41.2 Å². The smallest absolute Gasteiger partial charge is 0.338 e. The molecular weight excluding hydrogens is 531 g/mol. The second-order valence-electron chi connectivity index (χ2n) is 8.89. The highest BCUT2D eigenvalue weighted by molar-refractivity contribution is 5.90. The van der Waals surface area contributed by atoms with Gasteiger partial charge in [0.25, 0.3) is 0 Å². The van der Waals surface area contributed by atoms with Gasteiger partial charge in [-0.25, -0.2) is 18.8 Å². The Morgan fingerprint density at radius 1 is 0.732 bits per heavy atom. The summed E-state index contributed by atoms with van der Waals surface area (Å²) >= 11 is 0. The van der Waals surface area contributed by atoms with E-state index in [0.717, 1.165) is 6.08 Å². The summed E-state index contributed by atoms with van der Waals surface area (Å²) in [7, 11) is 0. The number of hydrogen-bond donors (Lipinski definition) is 0. The first-order chi connectivity index (χ1) is 19.5. The summed E-state index contributed by atoms with van der Waals surface area (Å²) in [5.41, 5.74) is 2.14. The second-order valence-corrected chi connectivity index (χ2v) is 8.89. The zero-order chi connectivity index (χ0) is 30.1. The molecule has 0 unspecified atom stereocenters. The van der Waals surface area contributed by atoms with Crippen molar-refractivity contribution in [1.82, 2.24) is 0 Å². The zero-order valence-electron chi connectivity index (χ0n) is 22.5. The molecule has 0 saturated carbocycles. The van der Waals surface area contributed by atoms with Crippen molar-refractivity contribution in [2.75, 3.05) is 0 Å². The lowest BCUT2D eigenvalue weighted by molar-refractivity contribution is -0.134. The lowest BCUT2D eigenvalue weighted by Crippen LogP contribution is -2.12. The van der Waals surface area contributed by atoms with Gasteiger partial charge in [-0.15, -0.1) is 0 Å². The molecular formula is C32H27FO8. The van der Waals surface area contributed by atoms with Crippen molar-refractivity contribution in [2.45, 2.75) is 26.7 Å². The van der Waals surface area contributed by atoms with Gasteiger partial charge in [-0.3, -0.25) is 4.79 Å².